The summed E-state index contributed by atoms with van der Waals surface area (Å²) >= 11 is 0. The lowest BCUT2D eigenvalue weighted by atomic mass is 10.0. The van der Waals surface area contributed by atoms with Crippen molar-refractivity contribution in [1.82, 2.24) is 5.32 Å². The monoisotopic (exact) mass is 407 g/mol. The number of amides is 1. The molecule has 0 bridgehead atoms. The highest BCUT2D eigenvalue weighted by atomic mass is 16.6. The quantitative estimate of drug-likeness (QED) is 0.567. The lowest BCUT2D eigenvalue weighted by Crippen LogP contribution is -2.50. The first kappa shape index (κ1) is 24.6. The molecule has 0 aliphatic carbocycles. The fourth-order valence-corrected chi connectivity index (χ4v) is 2.62. The minimum absolute atomic E-state index is 0.0939. The van der Waals surface area contributed by atoms with Crippen LogP contribution in [0.3, 0.4) is 0 Å². The third-order valence-corrected chi connectivity index (χ3v) is 4.33. The van der Waals surface area contributed by atoms with Gasteiger partial charge in [-0.15, -0.1) is 0 Å². The molecule has 1 aromatic rings. The third-order valence-electron chi connectivity index (χ3n) is 4.33. The first-order valence-corrected chi connectivity index (χ1v) is 9.89. The van der Waals surface area contributed by atoms with E-state index in [0.717, 1.165) is 5.56 Å². The lowest BCUT2D eigenvalue weighted by Gasteiger charge is -2.25. The van der Waals surface area contributed by atoms with Gasteiger partial charge in [0.15, 0.2) is 6.10 Å². The average molecular weight is 408 g/mol. The molecule has 0 unspecified atom stereocenters. The van der Waals surface area contributed by atoms with Gasteiger partial charge in [0.1, 0.15) is 18.8 Å². The summed E-state index contributed by atoms with van der Waals surface area (Å²) in [4.78, 5) is 37.2. The van der Waals surface area contributed by atoms with Gasteiger partial charge in [-0.05, 0) is 30.7 Å². The summed E-state index contributed by atoms with van der Waals surface area (Å²) in [6.07, 6.45) is -1.21. The molecule has 0 saturated heterocycles. The zero-order chi connectivity index (χ0) is 22.0. The number of rotatable bonds is 11. The maximum absolute atomic E-state index is 12.6. The van der Waals surface area contributed by atoms with E-state index >= 15 is 0 Å². The van der Waals surface area contributed by atoms with E-state index < -0.39 is 30.2 Å². The van der Waals surface area contributed by atoms with Crippen LogP contribution in [0.25, 0.3) is 0 Å². The number of methoxy groups -OCH3 is 1. The summed E-state index contributed by atoms with van der Waals surface area (Å²) in [7, 11) is 1.46. The van der Waals surface area contributed by atoms with Crippen molar-refractivity contribution in [2.45, 2.75) is 65.9 Å². The van der Waals surface area contributed by atoms with E-state index in [1.54, 1.807) is 13.8 Å². The van der Waals surface area contributed by atoms with Crippen LogP contribution in [0.4, 0.5) is 0 Å². The minimum atomic E-state index is -1.08. The van der Waals surface area contributed by atoms with Crippen molar-refractivity contribution in [3.05, 3.63) is 35.9 Å². The number of carbonyl (C=O) groups excluding carboxylic acids is 3. The van der Waals surface area contributed by atoms with Crippen molar-refractivity contribution in [1.29, 1.82) is 0 Å². The van der Waals surface area contributed by atoms with E-state index in [0.29, 0.717) is 6.42 Å². The molecule has 0 saturated carbocycles. The molecule has 162 valence electrons. The molecule has 29 heavy (non-hydrogen) atoms. The summed E-state index contributed by atoms with van der Waals surface area (Å²) in [6.45, 7) is 9.08. The van der Waals surface area contributed by atoms with E-state index in [1.165, 1.54) is 14.0 Å². The predicted octanol–water partition coefficient (Wildman–Crippen LogP) is 2.86. The van der Waals surface area contributed by atoms with Gasteiger partial charge in [0.2, 0.25) is 5.91 Å². The molecule has 0 aliphatic heterocycles. The van der Waals surface area contributed by atoms with Gasteiger partial charge in [0.05, 0.1) is 0 Å². The molecule has 1 rings (SSSR count). The fraction of sp³-hybridized carbons (Fsp3) is 0.591. The Balaban J connectivity index is 2.64. The Morgan fingerprint density at radius 3 is 2.10 bits per heavy atom. The van der Waals surface area contributed by atoms with E-state index in [9.17, 15) is 14.4 Å². The normalized spacial score (nSPS) is 14.2. The lowest BCUT2D eigenvalue weighted by molar-refractivity contribution is -0.169. The molecule has 3 atom stereocenters. The van der Waals surface area contributed by atoms with Crippen molar-refractivity contribution in [2.24, 2.45) is 11.8 Å². The number of hydrogen-bond donors (Lipinski definition) is 1. The molecule has 0 heterocycles. The van der Waals surface area contributed by atoms with Gasteiger partial charge in [-0.2, -0.15) is 0 Å². The second kappa shape index (κ2) is 12.2. The smallest absolute Gasteiger partial charge is 0.347 e. The maximum atomic E-state index is 12.6. The van der Waals surface area contributed by atoms with Crippen LogP contribution in [0, 0.1) is 11.8 Å². The SMILES string of the molecule is CO[C@H](CC(C)C)C(=O)N[C@@H](C(=O)O[C@@H](C)C(=O)OCc1ccccc1)C(C)C. The summed E-state index contributed by atoms with van der Waals surface area (Å²) < 4.78 is 15.7. The van der Waals surface area contributed by atoms with Gasteiger partial charge in [-0.25, -0.2) is 9.59 Å². The van der Waals surface area contributed by atoms with Crippen LogP contribution in [0.1, 0.15) is 46.6 Å². The number of carbonyl (C=O) groups is 3. The van der Waals surface area contributed by atoms with Crippen LogP contribution in [0.2, 0.25) is 0 Å². The number of nitrogens with one attached hydrogen (secondary N) is 1. The number of esters is 2. The standard InChI is InChI=1S/C22H33NO6/c1-14(2)12-18(27-6)20(24)23-19(15(3)4)22(26)29-16(5)21(25)28-13-17-10-8-7-9-11-17/h7-11,14-16,18-19H,12-13H2,1-6H3,(H,23,24)/t16-,18+,19+/m0/s1. The number of hydrogen-bond acceptors (Lipinski definition) is 6. The highest BCUT2D eigenvalue weighted by Gasteiger charge is 2.31. The molecule has 7 nitrogen and oxygen atoms in total. The average Bonchev–Trinajstić information content (AvgIpc) is 2.68. The van der Waals surface area contributed by atoms with E-state index in [2.05, 4.69) is 5.32 Å². The molecule has 0 radical (unpaired) electrons. The van der Waals surface area contributed by atoms with Crippen molar-refractivity contribution >= 4 is 17.8 Å². The second-order valence-electron chi connectivity index (χ2n) is 7.76. The van der Waals surface area contributed by atoms with E-state index in [1.807, 2.05) is 44.2 Å². The van der Waals surface area contributed by atoms with Gasteiger partial charge in [0.25, 0.3) is 0 Å². The van der Waals surface area contributed by atoms with Crippen molar-refractivity contribution < 1.29 is 28.6 Å². The summed E-state index contributed by atoms with van der Waals surface area (Å²) in [5.74, 6) is -1.68. The van der Waals surface area contributed by atoms with Crippen LogP contribution in [-0.2, 0) is 35.2 Å². The Morgan fingerprint density at radius 2 is 1.59 bits per heavy atom. The molecule has 0 aliphatic rings. The Morgan fingerprint density at radius 1 is 0.966 bits per heavy atom. The fourth-order valence-electron chi connectivity index (χ4n) is 2.62. The van der Waals surface area contributed by atoms with Gasteiger partial charge < -0.3 is 19.5 Å². The second-order valence-corrected chi connectivity index (χ2v) is 7.76. The number of ether oxygens (including phenoxy) is 3. The van der Waals surface area contributed by atoms with Crippen molar-refractivity contribution in [3.63, 3.8) is 0 Å². The first-order valence-electron chi connectivity index (χ1n) is 9.89. The van der Waals surface area contributed by atoms with Crippen LogP contribution >= 0.6 is 0 Å². The molecule has 1 aromatic carbocycles. The van der Waals surface area contributed by atoms with Crippen LogP contribution in [0.15, 0.2) is 30.3 Å². The van der Waals surface area contributed by atoms with Gasteiger partial charge in [-0.3, -0.25) is 4.79 Å². The molecular weight excluding hydrogens is 374 g/mol. The Hall–Kier alpha value is -2.41. The minimum Gasteiger partial charge on any atom is -0.458 e. The first-order chi connectivity index (χ1) is 13.6. The summed E-state index contributed by atoms with van der Waals surface area (Å²) in [5, 5.41) is 2.68. The van der Waals surface area contributed by atoms with Crippen molar-refractivity contribution in [3.8, 4) is 0 Å². The van der Waals surface area contributed by atoms with Crippen LogP contribution in [0.5, 0.6) is 0 Å². The highest BCUT2D eigenvalue weighted by Crippen LogP contribution is 2.12. The van der Waals surface area contributed by atoms with Gasteiger partial charge >= 0.3 is 11.9 Å². The van der Waals surface area contributed by atoms with Crippen LogP contribution in [-0.4, -0.2) is 43.2 Å². The summed E-state index contributed by atoms with van der Waals surface area (Å²) in [6, 6.07) is 8.32. The number of benzene rings is 1. The Bertz CT molecular complexity index is 659. The Labute approximate surface area is 173 Å². The summed E-state index contributed by atoms with van der Waals surface area (Å²) in [5.41, 5.74) is 0.836. The van der Waals surface area contributed by atoms with Gasteiger partial charge in [-0.1, -0.05) is 58.0 Å². The molecule has 7 heteroatoms. The third kappa shape index (κ3) is 8.64. The molecule has 0 spiro atoms. The Kier molecular flexibility index (Phi) is 10.4. The van der Waals surface area contributed by atoms with E-state index in [-0.39, 0.29) is 24.3 Å². The molecule has 1 amide bonds. The van der Waals surface area contributed by atoms with E-state index in [4.69, 9.17) is 14.2 Å². The zero-order valence-electron chi connectivity index (χ0n) is 18.1. The molecule has 1 N–H and O–H groups in total. The molecular formula is C22H33NO6. The van der Waals surface area contributed by atoms with Gasteiger partial charge in [0, 0.05) is 7.11 Å². The largest absolute Gasteiger partial charge is 0.458 e. The maximum Gasteiger partial charge on any atom is 0.347 e. The molecule has 0 fully saturated rings. The zero-order valence-corrected chi connectivity index (χ0v) is 18.1. The topological polar surface area (TPSA) is 90.9 Å². The highest BCUT2D eigenvalue weighted by molar-refractivity contribution is 5.88. The van der Waals surface area contributed by atoms with Crippen molar-refractivity contribution in [2.75, 3.05) is 7.11 Å². The predicted molar refractivity (Wildman–Crippen MR) is 109 cm³/mol. The van der Waals surface area contributed by atoms with Crippen LogP contribution < -0.4 is 5.32 Å². The molecule has 0 aromatic heterocycles.